The smallest absolute Gasteiger partial charge is 0.311 e. The van der Waals surface area contributed by atoms with E-state index in [1.165, 1.54) is 37.4 Å². The van der Waals surface area contributed by atoms with E-state index in [1.54, 1.807) is 12.1 Å². The number of nitro benzene ring substituents is 1. The Morgan fingerprint density at radius 3 is 2.53 bits per heavy atom. The number of hydrogen-bond acceptors (Lipinski definition) is 5. The molecule has 0 atom stereocenters. The first-order valence-corrected chi connectivity index (χ1v) is 5.39. The summed E-state index contributed by atoms with van der Waals surface area (Å²) in [5.41, 5.74) is -0.134. The number of nitro groups is 1. The fraction of sp³-hybridized carbons (Fsp3) is 0.0769. The van der Waals surface area contributed by atoms with Crippen molar-refractivity contribution in [2.75, 3.05) is 7.11 Å². The maximum absolute atomic E-state index is 10.7. The van der Waals surface area contributed by atoms with Crippen LogP contribution in [0.5, 0.6) is 23.0 Å². The lowest BCUT2D eigenvalue weighted by Gasteiger charge is -2.07. The SMILES string of the molecule is COc1cc(Oc2cccc(O)c2)ccc1[N+](=O)[O-]. The largest absolute Gasteiger partial charge is 0.508 e. The number of methoxy groups -OCH3 is 1. The minimum atomic E-state index is -0.531. The minimum absolute atomic E-state index is 0.0753. The van der Waals surface area contributed by atoms with Crippen molar-refractivity contribution in [2.45, 2.75) is 0 Å². The Balaban J connectivity index is 2.29. The second-order valence-electron chi connectivity index (χ2n) is 3.69. The van der Waals surface area contributed by atoms with E-state index in [0.717, 1.165) is 0 Å². The number of hydrogen-bond donors (Lipinski definition) is 1. The summed E-state index contributed by atoms with van der Waals surface area (Å²) < 4.78 is 10.4. The van der Waals surface area contributed by atoms with Crippen LogP contribution < -0.4 is 9.47 Å². The summed E-state index contributed by atoms with van der Waals surface area (Å²) in [6.45, 7) is 0. The van der Waals surface area contributed by atoms with Gasteiger partial charge in [-0.2, -0.15) is 0 Å². The van der Waals surface area contributed by atoms with Gasteiger partial charge in [-0.25, -0.2) is 0 Å². The van der Waals surface area contributed by atoms with Crippen LogP contribution in [-0.2, 0) is 0 Å². The van der Waals surface area contributed by atoms with Crippen molar-refractivity contribution < 1.29 is 19.5 Å². The number of benzene rings is 2. The van der Waals surface area contributed by atoms with Crippen LogP contribution >= 0.6 is 0 Å². The Bertz CT molecular complexity index is 612. The number of aromatic hydroxyl groups is 1. The second-order valence-corrected chi connectivity index (χ2v) is 3.69. The monoisotopic (exact) mass is 261 g/mol. The molecule has 0 aliphatic carbocycles. The van der Waals surface area contributed by atoms with E-state index in [9.17, 15) is 15.2 Å². The molecule has 0 radical (unpaired) electrons. The minimum Gasteiger partial charge on any atom is -0.508 e. The van der Waals surface area contributed by atoms with Crippen molar-refractivity contribution in [1.29, 1.82) is 0 Å². The molecule has 0 aliphatic rings. The lowest BCUT2D eigenvalue weighted by Crippen LogP contribution is -1.94. The number of rotatable bonds is 4. The Kier molecular flexibility index (Phi) is 3.51. The Hall–Kier alpha value is -2.76. The predicted octanol–water partition coefficient (Wildman–Crippen LogP) is 3.10. The van der Waals surface area contributed by atoms with Crippen LogP contribution in [0.25, 0.3) is 0 Å². The first kappa shape index (κ1) is 12.7. The molecule has 2 aromatic rings. The van der Waals surface area contributed by atoms with E-state index in [1.807, 2.05) is 0 Å². The van der Waals surface area contributed by atoms with E-state index in [2.05, 4.69) is 0 Å². The standard InChI is InChI=1S/C13H11NO5/c1-18-13-8-11(5-6-12(13)14(16)17)19-10-4-2-3-9(15)7-10/h2-8,15H,1H3. The molecule has 0 unspecified atom stereocenters. The molecular formula is C13H11NO5. The summed E-state index contributed by atoms with van der Waals surface area (Å²) >= 11 is 0. The average molecular weight is 261 g/mol. The third-order valence-corrected chi connectivity index (χ3v) is 2.40. The van der Waals surface area contributed by atoms with Crippen molar-refractivity contribution in [3.63, 3.8) is 0 Å². The fourth-order valence-electron chi connectivity index (χ4n) is 1.56. The molecule has 1 N–H and O–H groups in total. The quantitative estimate of drug-likeness (QED) is 0.675. The molecular weight excluding hydrogens is 250 g/mol. The van der Waals surface area contributed by atoms with Crippen molar-refractivity contribution in [3.8, 4) is 23.0 Å². The van der Waals surface area contributed by atoms with Gasteiger partial charge in [-0.15, -0.1) is 0 Å². The van der Waals surface area contributed by atoms with E-state index in [4.69, 9.17) is 9.47 Å². The normalized spacial score (nSPS) is 9.95. The summed E-state index contributed by atoms with van der Waals surface area (Å²) in [7, 11) is 1.35. The lowest BCUT2D eigenvalue weighted by molar-refractivity contribution is -0.385. The van der Waals surface area contributed by atoms with Crippen LogP contribution in [0.4, 0.5) is 5.69 Å². The maximum atomic E-state index is 10.7. The van der Waals surface area contributed by atoms with E-state index in [-0.39, 0.29) is 17.2 Å². The molecule has 0 fully saturated rings. The fourth-order valence-corrected chi connectivity index (χ4v) is 1.56. The number of ether oxygens (including phenoxy) is 2. The van der Waals surface area contributed by atoms with Gasteiger partial charge >= 0.3 is 5.69 Å². The van der Waals surface area contributed by atoms with Crippen LogP contribution in [-0.4, -0.2) is 17.1 Å². The van der Waals surface area contributed by atoms with Gasteiger partial charge in [0.2, 0.25) is 5.75 Å². The molecule has 2 rings (SSSR count). The predicted molar refractivity (Wildman–Crippen MR) is 67.8 cm³/mol. The molecule has 0 aliphatic heterocycles. The third kappa shape index (κ3) is 2.92. The third-order valence-electron chi connectivity index (χ3n) is 2.40. The summed E-state index contributed by atoms with van der Waals surface area (Å²) in [5, 5.41) is 20.1. The van der Waals surface area contributed by atoms with Gasteiger partial charge in [0.1, 0.15) is 17.2 Å². The van der Waals surface area contributed by atoms with Crippen molar-refractivity contribution in [3.05, 3.63) is 52.6 Å². The Labute approximate surface area is 109 Å². The molecule has 6 heteroatoms. The van der Waals surface area contributed by atoms with Gasteiger partial charge in [0.05, 0.1) is 12.0 Å². The van der Waals surface area contributed by atoms with Crippen molar-refractivity contribution in [2.24, 2.45) is 0 Å². The zero-order valence-corrected chi connectivity index (χ0v) is 10.1. The lowest BCUT2D eigenvalue weighted by atomic mass is 10.2. The van der Waals surface area contributed by atoms with Gasteiger partial charge in [-0.1, -0.05) is 6.07 Å². The number of nitrogens with zero attached hydrogens (tertiary/aromatic N) is 1. The van der Waals surface area contributed by atoms with Gasteiger partial charge in [0, 0.05) is 18.2 Å². The van der Waals surface area contributed by atoms with Crippen LogP contribution in [0.1, 0.15) is 0 Å². The van der Waals surface area contributed by atoms with Crippen LogP contribution in [0, 0.1) is 10.1 Å². The Morgan fingerprint density at radius 1 is 1.16 bits per heavy atom. The topological polar surface area (TPSA) is 81.8 Å². The molecule has 0 heterocycles. The van der Waals surface area contributed by atoms with E-state index < -0.39 is 4.92 Å². The van der Waals surface area contributed by atoms with E-state index in [0.29, 0.717) is 11.5 Å². The molecule has 98 valence electrons. The summed E-state index contributed by atoms with van der Waals surface area (Å²) in [6.07, 6.45) is 0. The first-order valence-electron chi connectivity index (χ1n) is 5.39. The van der Waals surface area contributed by atoms with Gasteiger partial charge in [-0.05, 0) is 18.2 Å². The molecule has 0 saturated heterocycles. The zero-order chi connectivity index (χ0) is 13.8. The summed E-state index contributed by atoms with van der Waals surface area (Å²) in [4.78, 5) is 10.2. The molecule has 19 heavy (non-hydrogen) atoms. The maximum Gasteiger partial charge on any atom is 0.311 e. The molecule has 2 aromatic carbocycles. The van der Waals surface area contributed by atoms with Gasteiger partial charge in [0.25, 0.3) is 0 Å². The van der Waals surface area contributed by atoms with Crippen LogP contribution in [0.2, 0.25) is 0 Å². The molecule has 0 spiro atoms. The molecule has 0 saturated carbocycles. The zero-order valence-electron chi connectivity index (χ0n) is 10.1. The summed E-state index contributed by atoms with van der Waals surface area (Å²) in [6, 6.07) is 10.4. The highest BCUT2D eigenvalue weighted by Crippen LogP contribution is 2.33. The van der Waals surface area contributed by atoms with Crippen molar-refractivity contribution in [1.82, 2.24) is 0 Å². The average Bonchev–Trinajstić information content (AvgIpc) is 2.38. The van der Waals surface area contributed by atoms with Crippen molar-refractivity contribution >= 4 is 5.69 Å². The van der Waals surface area contributed by atoms with Gasteiger partial charge in [0.15, 0.2) is 0 Å². The Morgan fingerprint density at radius 2 is 1.89 bits per heavy atom. The molecule has 6 nitrogen and oxygen atoms in total. The molecule has 0 amide bonds. The highest BCUT2D eigenvalue weighted by atomic mass is 16.6. The molecule has 0 aromatic heterocycles. The van der Waals surface area contributed by atoms with E-state index >= 15 is 0 Å². The first-order chi connectivity index (χ1) is 9.10. The highest BCUT2D eigenvalue weighted by molar-refractivity contribution is 5.51. The summed E-state index contributed by atoms with van der Waals surface area (Å²) in [5.74, 6) is 0.998. The van der Waals surface area contributed by atoms with Gasteiger partial charge in [-0.3, -0.25) is 10.1 Å². The van der Waals surface area contributed by atoms with Crippen LogP contribution in [0.15, 0.2) is 42.5 Å². The number of phenolic OH excluding ortho intramolecular Hbond substituents is 1. The number of phenols is 1. The van der Waals surface area contributed by atoms with Gasteiger partial charge < -0.3 is 14.6 Å². The van der Waals surface area contributed by atoms with Crippen LogP contribution in [0.3, 0.4) is 0 Å². The highest BCUT2D eigenvalue weighted by Gasteiger charge is 2.15. The molecule has 0 bridgehead atoms. The second kappa shape index (κ2) is 5.26.